The number of allylic oxidation sites excluding steroid dienone is 3. The first-order valence-corrected chi connectivity index (χ1v) is 12.7. The molecule has 2 unspecified atom stereocenters. The minimum atomic E-state index is -5.32. The Morgan fingerprint density at radius 3 is 1.88 bits per heavy atom. The third-order valence-electron chi connectivity index (χ3n) is 6.71. The summed E-state index contributed by atoms with van der Waals surface area (Å²) in [5.74, 6) is -12.4. The topological polar surface area (TPSA) is 52.6 Å². The van der Waals surface area contributed by atoms with Crippen molar-refractivity contribution in [2.24, 2.45) is 0 Å². The molecule has 2 aromatic carbocycles. The highest BCUT2D eigenvalue weighted by Crippen LogP contribution is 2.42. The number of carbonyl (C=O) groups excluding carboxylic acids is 2. The molecule has 2 aromatic rings. The van der Waals surface area contributed by atoms with Crippen LogP contribution < -0.4 is 0 Å². The van der Waals surface area contributed by atoms with E-state index in [1.807, 2.05) is 0 Å². The summed E-state index contributed by atoms with van der Waals surface area (Å²) in [5.41, 5.74) is -7.43. The zero-order valence-electron chi connectivity index (χ0n) is 22.8. The average Bonchev–Trinajstić information content (AvgIpc) is 2.93. The van der Waals surface area contributed by atoms with Crippen LogP contribution in [-0.2, 0) is 26.6 Å². The predicted molar refractivity (Wildman–Crippen MR) is 132 cm³/mol. The van der Waals surface area contributed by atoms with E-state index < -0.39 is 93.8 Å². The quantitative estimate of drug-likeness (QED) is 0.127. The number of unbranched alkanes of at least 4 members (excludes halogenated alkanes) is 1. The fourth-order valence-corrected chi connectivity index (χ4v) is 4.55. The van der Waals surface area contributed by atoms with Crippen molar-refractivity contribution in [3.63, 3.8) is 0 Å². The van der Waals surface area contributed by atoms with Gasteiger partial charge in [0.2, 0.25) is 0 Å². The van der Waals surface area contributed by atoms with Crippen molar-refractivity contribution < 1.29 is 63.0 Å². The SMILES string of the molecule is CCCCC(OC(=O)c1cc(C(F)(F)F)cc(C(F)(F)F)c1)c1c(F)c(F)c(C2C=C(C)CC=C2C(=O)OC)c(F)c1F. The molecule has 0 amide bonds. The summed E-state index contributed by atoms with van der Waals surface area (Å²) in [6, 6.07) is -0.152. The first-order chi connectivity index (χ1) is 19.9. The van der Waals surface area contributed by atoms with Gasteiger partial charge in [-0.1, -0.05) is 31.1 Å². The summed E-state index contributed by atoms with van der Waals surface area (Å²) in [7, 11) is 0.983. The Kier molecular flexibility index (Phi) is 10.0. The molecular formula is C29H24F10O4. The molecule has 3 rings (SSSR count). The number of hydrogen-bond donors (Lipinski definition) is 0. The van der Waals surface area contributed by atoms with Crippen LogP contribution in [0.5, 0.6) is 0 Å². The lowest BCUT2D eigenvalue weighted by molar-refractivity contribution is -0.143. The molecule has 0 N–H and O–H groups in total. The molecule has 234 valence electrons. The standard InChI is InChI=1S/C29H24F10O4/c1-4-5-6-19(43-26(40)14-10-15(28(34,35)36)12-16(11-14)29(37,38)39)21-24(32)22(30)20(23(31)25(21)33)18-9-13(2)7-8-17(18)27(41)42-3/h8-12,18-19H,4-7H2,1-3H3. The molecular weight excluding hydrogens is 602 g/mol. The van der Waals surface area contributed by atoms with Gasteiger partial charge in [-0.05, 0) is 44.4 Å². The Morgan fingerprint density at radius 1 is 0.884 bits per heavy atom. The van der Waals surface area contributed by atoms with Crippen molar-refractivity contribution in [3.05, 3.63) is 92.6 Å². The van der Waals surface area contributed by atoms with E-state index in [2.05, 4.69) is 4.74 Å². The highest BCUT2D eigenvalue weighted by Gasteiger charge is 2.40. The van der Waals surface area contributed by atoms with Crippen LogP contribution >= 0.6 is 0 Å². The van der Waals surface area contributed by atoms with Gasteiger partial charge < -0.3 is 9.47 Å². The fraction of sp³-hybridized carbons (Fsp3) is 0.379. The average molecular weight is 626 g/mol. The molecule has 43 heavy (non-hydrogen) atoms. The third-order valence-corrected chi connectivity index (χ3v) is 6.71. The van der Waals surface area contributed by atoms with Crippen molar-refractivity contribution in [1.82, 2.24) is 0 Å². The molecule has 0 saturated carbocycles. The van der Waals surface area contributed by atoms with Crippen LogP contribution in [0.1, 0.15) is 84.2 Å². The highest BCUT2D eigenvalue weighted by molar-refractivity contribution is 5.91. The van der Waals surface area contributed by atoms with Gasteiger partial charge in [-0.3, -0.25) is 0 Å². The zero-order valence-corrected chi connectivity index (χ0v) is 22.8. The van der Waals surface area contributed by atoms with Gasteiger partial charge in [-0.15, -0.1) is 0 Å². The molecule has 14 heteroatoms. The highest BCUT2D eigenvalue weighted by atomic mass is 19.4. The number of benzene rings is 2. The molecule has 0 fully saturated rings. The van der Waals surface area contributed by atoms with Crippen LogP contribution in [0.15, 0.2) is 41.5 Å². The largest absolute Gasteiger partial charge is 0.466 e. The summed E-state index contributed by atoms with van der Waals surface area (Å²) in [5, 5.41) is 0. The fourth-order valence-electron chi connectivity index (χ4n) is 4.55. The number of halogens is 10. The molecule has 0 radical (unpaired) electrons. The van der Waals surface area contributed by atoms with Crippen LogP contribution in [0.4, 0.5) is 43.9 Å². The monoisotopic (exact) mass is 626 g/mol. The Bertz CT molecular complexity index is 1410. The minimum absolute atomic E-state index is 0.0119. The predicted octanol–water partition coefficient (Wildman–Crippen LogP) is 8.90. The molecule has 0 aliphatic heterocycles. The molecule has 1 aliphatic rings. The number of esters is 2. The normalized spacial score (nSPS) is 16.3. The number of methoxy groups -OCH3 is 1. The second kappa shape index (κ2) is 12.8. The van der Waals surface area contributed by atoms with Crippen LogP contribution in [0, 0.1) is 23.3 Å². The number of ether oxygens (including phenoxy) is 2. The molecule has 0 spiro atoms. The second-order valence-corrected chi connectivity index (χ2v) is 9.76. The molecule has 0 heterocycles. The summed E-state index contributed by atoms with van der Waals surface area (Å²) in [6.45, 7) is 3.11. The molecule has 2 atom stereocenters. The van der Waals surface area contributed by atoms with Gasteiger partial charge in [0.25, 0.3) is 0 Å². The van der Waals surface area contributed by atoms with Gasteiger partial charge in [0.1, 0.15) is 6.10 Å². The van der Waals surface area contributed by atoms with Crippen LogP contribution in [0.3, 0.4) is 0 Å². The number of carbonyl (C=O) groups is 2. The van der Waals surface area contributed by atoms with Crippen LogP contribution in [0.25, 0.3) is 0 Å². The van der Waals surface area contributed by atoms with E-state index in [9.17, 15) is 35.9 Å². The van der Waals surface area contributed by atoms with E-state index in [-0.39, 0.29) is 43.0 Å². The minimum Gasteiger partial charge on any atom is -0.466 e. The van der Waals surface area contributed by atoms with E-state index in [1.54, 1.807) is 6.92 Å². The van der Waals surface area contributed by atoms with Gasteiger partial charge in [0, 0.05) is 17.1 Å². The third kappa shape index (κ3) is 7.21. The van der Waals surface area contributed by atoms with E-state index >= 15 is 17.6 Å². The van der Waals surface area contributed by atoms with E-state index in [4.69, 9.17) is 4.74 Å². The molecule has 0 bridgehead atoms. The summed E-state index contributed by atoms with van der Waals surface area (Å²) < 4.78 is 151. The van der Waals surface area contributed by atoms with Crippen molar-refractivity contribution in [2.45, 2.75) is 63.9 Å². The number of alkyl halides is 6. The lowest BCUT2D eigenvalue weighted by Gasteiger charge is -2.25. The van der Waals surface area contributed by atoms with Crippen molar-refractivity contribution in [2.75, 3.05) is 7.11 Å². The zero-order chi connectivity index (χ0) is 32.4. The molecule has 0 aromatic heterocycles. The van der Waals surface area contributed by atoms with Gasteiger partial charge in [0.15, 0.2) is 23.3 Å². The maximum atomic E-state index is 15.5. The van der Waals surface area contributed by atoms with E-state index in [1.165, 1.54) is 19.1 Å². The van der Waals surface area contributed by atoms with E-state index in [0.717, 1.165) is 7.11 Å². The Balaban J connectivity index is 2.14. The van der Waals surface area contributed by atoms with Crippen LogP contribution in [-0.4, -0.2) is 19.0 Å². The summed E-state index contributed by atoms with van der Waals surface area (Å²) >= 11 is 0. The maximum absolute atomic E-state index is 15.5. The molecule has 0 saturated heterocycles. The lowest BCUT2D eigenvalue weighted by atomic mass is 9.83. The lowest BCUT2D eigenvalue weighted by Crippen LogP contribution is -2.22. The smallest absolute Gasteiger partial charge is 0.416 e. The number of hydrogen-bond acceptors (Lipinski definition) is 4. The van der Waals surface area contributed by atoms with Crippen molar-refractivity contribution >= 4 is 11.9 Å². The van der Waals surface area contributed by atoms with Gasteiger partial charge >= 0.3 is 24.3 Å². The second-order valence-electron chi connectivity index (χ2n) is 9.76. The van der Waals surface area contributed by atoms with Crippen molar-refractivity contribution in [3.8, 4) is 0 Å². The van der Waals surface area contributed by atoms with Crippen molar-refractivity contribution in [1.29, 1.82) is 0 Å². The van der Waals surface area contributed by atoms with Crippen LogP contribution in [0.2, 0.25) is 0 Å². The summed E-state index contributed by atoms with van der Waals surface area (Å²) in [4.78, 5) is 25.0. The van der Waals surface area contributed by atoms with Gasteiger partial charge in [-0.25, -0.2) is 27.2 Å². The Hall–Kier alpha value is -3.84. The maximum Gasteiger partial charge on any atom is 0.416 e. The van der Waals surface area contributed by atoms with Gasteiger partial charge in [-0.2, -0.15) is 26.3 Å². The summed E-state index contributed by atoms with van der Waals surface area (Å²) in [6.07, 6.45) is -10.4. The Morgan fingerprint density at radius 2 is 1.42 bits per heavy atom. The number of rotatable bonds is 8. The Labute approximate surface area is 239 Å². The molecule has 1 aliphatic carbocycles. The van der Waals surface area contributed by atoms with Gasteiger partial charge in [0.05, 0.1) is 29.4 Å². The molecule has 4 nitrogen and oxygen atoms in total. The first-order valence-electron chi connectivity index (χ1n) is 12.7. The first kappa shape index (κ1) is 33.7. The van der Waals surface area contributed by atoms with E-state index in [0.29, 0.717) is 5.57 Å².